The van der Waals surface area contributed by atoms with Crippen molar-refractivity contribution in [3.05, 3.63) is 47.0 Å². The molecule has 0 radical (unpaired) electrons. The maximum atomic E-state index is 12.9. The number of nitrogens with one attached hydrogen (secondary N) is 1. The SMILES string of the molecule is COC(=O)c1cc(OC)c(OC)cc1NS(=O)(=O)c1ccc2c(c1)CCC2. The van der Waals surface area contributed by atoms with Crippen LogP contribution in [0.15, 0.2) is 35.2 Å². The van der Waals surface area contributed by atoms with E-state index < -0.39 is 16.0 Å². The highest BCUT2D eigenvalue weighted by Crippen LogP contribution is 2.35. The predicted octanol–water partition coefficient (Wildman–Crippen LogP) is 2.78. The highest BCUT2D eigenvalue weighted by atomic mass is 32.2. The Kier molecular flexibility index (Phi) is 5.27. The summed E-state index contributed by atoms with van der Waals surface area (Å²) in [5, 5.41) is 0. The van der Waals surface area contributed by atoms with Gasteiger partial charge in [0.2, 0.25) is 0 Å². The van der Waals surface area contributed by atoms with Gasteiger partial charge < -0.3 is 14.2 Å². The second kappa shape index (κ2) is 7.48. The summed E-state index contributed by atoms with van der Waals surface area (Å²) in [6.07, 6.45) is 2.85. The molecular formula is C19H21NO6S. The molecule has 0 aromatic heterocycles. The van der Waals surface area contributed by atoms with Crippen LogP contribution in [0.25, 0.3) is 0 Å². The molecule has 0 saturated carbocycles. The van der Waals surface area contributed by atoms with Gasteiger partial charge in [0.15, 0.2) is 11.5 Å². The van der Waals surface area contributed by atoms with Gasteiger partial charge in [0.25, 0.3) is 10.0 Å². The smallest absolute Gasteiger partial charge is 0.340 e. The summed E-state index contributed by atoms with van der Waals surface area (Å²) < 4.78 is 43.4. The number of methoxy groups -OCH3 is 3. The van der Waals surface area contributed by atoms with Crippen molar-refractivity contribution in [3.63, 3.8) is 0 Å². The molecule has 0 unspecified atom stereocenters. The molecule has 0 amide bonds. The molecule has 1 aliphatic carbocycles. The molecule has 0 heterocycles. The number of ether oxygens (including phenoxy) is 3. The molecular weight excluding hydrogens is 370 g/mol. The zero-order chi connectivity index (χ0) is 19.6. The van der Waals surface area contributed by atoms with Crippen LogP contribution < -0.4 is 14.2 Å². The first-order valence-electron chi connectivity index (χ1n) is 8.38. The molecule has 0 saturated heterocycles. The van der Waals surface area contributed by atoms with Crippen LogP contribution in [0.3, 0.4) is 0 Å². The largest absolute Gasteiger partial charge is 0.493 e. The van der Waals surface area contributed by atoms with Crippen LogP contribution in [-0.2, 0) is 27.6 Å². The molecule has 1 N–H and O–H groups in total. The molecule has 2 aromatic carbocycles. The predicted molar refractivity (Wildman–Crippen MR) is 100 cm³/mol. The normalized spacial score (nSPS) is 13.0. The number of sulfonamides is 1. The number of anilines is 1. The first-order chi connectivity index (χ1) is 12.9. The van der Waals surface area contributed by atoms with Crippen molar-refractivity contribution >= 4 is 21.7 Å². The fraction of sp³-hybridized carbons (Fsp3) is 0.316. The standard InChI is InChI=1S/C19H21NO6S/c1-24-17-10-15(19(21)26-3)16(11-18(17)25-2)20-27(22,23)14-8-7-12-5-4-6-13(12)9-14/h7-11,20H,4-6H2,1-3H3. The number of esters is 1. The van der Waals surface area contributed by atoms with Crippen LogP contribution in [0.4, 0.5) is 5.69 Å². The fourth-order valence-corrected chi connectivity index (χ4v) is 4.28. The van der Waals surface area contributed by atoms with Crippen molar-refractivity contribution in [1.29, 1.82) is 0 Å². The molecule has 0 bridgehead atoms. The van der Waals surface area contributed by atoms with Crippen molar-refractivity contribution in [2.75, 3.05) is 26.1 Å². The van der Waals surface area contributed by atoms with Crippen LogP contribution in [0.2, 0.25) is 0 Å². The van der Waals surface area contributed by atoms with E-state index in [-0.39, 0.29) is 21.9 Å². The van der Waals surface area contributed by atoms with Gasteiger partial charge in [0, 0.05) is 12.1 Å². The lowest BCUT2D eigenvalue weighted by molar-refractivity contribution is 0.0601. The molecule has 0 spiro atoms. The van der Waals surface area contributed by atoms with Crippen molar-refractivity contribution in [2.24, 2.45) is 0 Å². The summed E-state index contributed by atoms with van der Waals surface area (Å²) >= 11 is 0. The van der Waals surface area contributed by atoms with Crippen LogP contribution in [-0.4, -0.2) is 35.7 Å². The maximum Gasteiger partial charge on any atom is 0.340 e. The number of fused-ring (bicyclic) bond motifs is 1. The Balaban J connectivity index is 2.03. The van der Waals surface area contributed by atoms with Gasteiger partial charge in [-0.3, -0.25) is 4.72 Å². The van der Waals surface area contributed by atoms with Crippen molar-refractivity contribution in [2.45, 2.75) is 24.2 Å². The van der Waals surface area contributed by atoms with Gasteiger partial charge in [-0.15, -0.1) is 0 Å². The lowest BCUT2D eigenvalue weighted by atomic mass is 10.1. The second-order valence-electron chi connectivity index (χ2n) is 6.13. The molecule has 144 valence electrons. The Morgan fingerprint density at radius 2 is 1.63 bits per heavy atom. The third-order valence-electron chi connectivity index (χ3n) is 4.55. The number of hydrogen-bond donors (Lipinski definition) is 1. The van der Waals surface area contributed by atoms with Gasteiger partial charge in [-0.2, -0.15) is 0 Å². The molecule has 1 aliphatic rings. The van der Waals surface area contributed by atoms with Crippen LogP contribution in [0.5, 0.6) is 11.5 Å². The van der Waals surface area contributed by atoms with Gasteiger partial charge in [0.1, 0.15) is 0 Å². The average molecular weight is 391 g/mol. The number of hydrogen-bond acceptors (Lipinski definition) is 6. The Hall–Kier alpha value is -2.74. The third kappa shape index (κ3) is 3.71. The summed E-state index contributed by atoms with van der Waals surface area (Å²) in [6.45, 7) is 0. The van der Waals surface area contributed by atoms with Gasteiger partial charge in [-0.05, 0) is 42.5 Å². The number of rotatable bonds is 6. The van der Waals surface area contributed by atoms with E-state index in [1.807, 2.05) is 6.07 Å². The summed E-state index contributed by atoms with van der Waals surface area (Å²) in [5.41, 5.74) is 2.30. The minimum atomic E-state index is -3.90. The monoisotopic (exact) mass is 391 g/mol. The van der Waals surface area contributed by atoms with E-state index in [0.717, 1.165) is 24.8 Å². The van der Waals surface area contributed by atoms with Crippen LogP contribution in [0.1, 0.15) is 27.9 Å². The Morgan fingerprint density at radius 3 is 2.30 bits per heavy atom. The Labute approximate surface area is 158 Å². The minimum absolute atomic E-state index is 0.0277. The zero-order valence-corrected chi connectivity index (χ0v) is 16.2. The van der Waals surface area contributed by atoms with Gasteiger partial charge in [-0.1, -0.05) is 6.07 Å². The molecule has 0 aliphatic heterocycles. The first-order valence-corrected chi connectivity index (χ1v) is 9.87. The lowest BCUT2D eigenvalue weighted by Gasteiger charge is -2.16. The molecule has 2 aromatic rings. The molecule has 7 nitrogen and oxygen atoms in total. The van der Waals surface area contributed by atoms with E-state index in [4.69, 9.17) is 14.2 Å². The van der Waals surface area contributed by atoms with Crippen molar-refractivity contribution < 1.29 is 27.4 Å². The fourth-order valence-electron chi connectivity index (χ4n) is 3.16. The van der Waals surface area contributed by atoms with Gasteiger partial charge in [-0.25, -0.2) is 13.2 Å². The zero-order valence-electron chi connectivity index (χ0n) is 15.4. The highest BCUT2D eigenvalue weighted by Gasteiger charge is 2.23. The Morgan fingerprint density at radius 1 is 0.963 bits per heavy atom. The van der Waals surface area contributed by atoms with E-state index in [1.54, 1.807) is 12.1 Å². The van der Waals surface area contributed by atoms with E-state index in [0.29, 0.717) is 5.75 Å². The number of carbonyl (C=O) groups is 1. The molecule has 0 fully saturated rings. The lowest BCUT2D eigenvalue weighted by Crippen LogP contribution is -2.17. The first kappa shape index (κ1) is 19.0. The number of carbonyl (C=O) groups excluding carboxylic acids is 1. The van der Waals surface area contributed by atoms with Gasteiger partial charge >= 0.3 is 5.97 Å². The van der Waals surface area contributed by atoms with Crippen molar-refractivity contribution in [1.82, 2.24) is 0 Å². The van der Waals surface area contributed by atoms with E-state index in [1.165, 1.54) is 39.0 Å². The summed E-state index contributed by atoms with van der Waals surface area (Å²) in [6, 6.07) is 7.88. The van der Waals surface area contributed by atoms with Gasteiger partial charge in [0.05, 0.1) is 37.5 Å². The number of aryl methyl sites for hydroxylation is 2. The summed E-state index contributed by atoms with van der Waals surface area (Å²) in [7, 11) is 0.171. The molecule has 3 rings (SSSR count). The van der Waals surface area contributed by atoms with Crippen molar-refractivity contribution in [3.8, 4) is 11.5 Å². The van der Waals surface area contributed by atoms with Crippen LogP contribution in [0, 0.1) is 0 Å². The third-order valence-corrected chi connectivity index (χ3v) is 5.92. The summed E-state index contributed by atoms with van der Waals surface area (Å²) in [4.78, 5) is 12.3. The van der Waals surface area contributed by atoms with Crippen LogP contribution >= 0.6 is 0 Å². The Bertz CT molecular complexity index is 984. The second-order valence-corrected chi connectivity index (χ2v) is 7.82. The summed E-state index contributed by atoms with van der Waals surface area (Å²) in [5.74, 6) is -0.113. The molecule has 8 heteroatoms. The highest BCUT2D eigenvalue weighted by molar-refractivity contribution is 7.92. The minimum Gasteiger partial charge on any atom is -0.493 e. The van der Waals surface area contributed by atoms with E-state index in [9.17, 15) is 13.2 Å². The topological polar surface area (TPSA) is 90.9 Å². The molecule has 27 heavy (non-hydrogen) atoms. The quantitative estimate of drug-likeness (QED) is 0.762. The molecule has 0 atom stereocenters. The van der Waals surface area contributed by atoms with E-state index in [2.05, 4.69) is 4.72 Å². The van der Waals surface area contributed by atoms with E-state index >= 15 is 0 Å². The average Bonchev–Trinajstić information content (AvgIpc) is 3.14. The number of benzene rings is 2. The maximum absolute atomic E-state index is 12.9.